The second-order valence-corrected chi connectivity index (χ2v) is 13.6. The Morgan fingerprint density at radius 3 is 2.49 bits per heavy atom. The topological polar surface area (TPSA) is 66.9 Å². The Labute approximate surface area is 228 Å². The molecule has 1 amide bonds. The van der Waals surface area contributed by atoms with Gasteiger partial charge in [0, 0.05) is 22.0 Å². The van der Waals surface area contributed by atoms with Gasteiger partial charge in [0.2, 0.25) is 15.9 Å². The fourth-order valence-corrected chi connectivity index (χ4v) is 7.27. The number of aryl methyl sites for hydroxylation is 2. The van der Waals surface area contributed by atoms with Gasteiger partial charge in [0.25, 0.3) is 0 Å². The van der Waals surface area contributed by atoms with Crippen LogP contribution in [0.3, 0.4) is 0 Å². The van der Waals surface area contributed by atoms with Gasteiger partial charge in [-0.25, -0.2) is 8.42 Å². The van der Waals surface area contributed by atoms with Gasteiger partial charge in [0.05, 0.1) is 17.5 Å². The molecule has 2 aromatic carbocycles. The maximum Gasteiger partial charge on any atom is 0.244 e. The number of benzene rings is 2. The normalized spacial score (nSPS) is 16.1. The minimum Gasteiger partial charge on any atom is -0.491 e. The van der Waals surface area contributed by atoms with E-state index in [1.54, 1.807) is 46.6 Å². The van der Waals surface area contributed by atoms with E-state index in [4.69, 9.17) is 16.3 Å². The van der Waals surface area contributed by atoms with E-state index >= 15 is 0 Å². The number of hydrogen-bond donors (Lipinski definition) is 0. The van der Waals surface area contributed by atoms with Gasteiger partial charge < -0.3 is 9.64 Å². The van der Waals surface area contributed by atoms with Gasteiger partial charge in [0.15, 0.2) is 0 Å². The minimum absolute atomic E-state index is 0.178. The number of amides is 1. The van der Waals surface area contributed by atoms with E-state index in [-0.39, 0.29) is 30.0 Å². The highest BCUT2D eigenvalue weighted by molar-refractivity contribution is 7.89. The Kier molecular flexibility index (Phi) is 8.04. The summed E-state index contributed by atoms with van der Waals surface area (Å²) in [5.74, 6) is 0.429. The SMILES string of the molecule is Cc1ccc(S(=O)(=O)N(CC(=O)N2CCc3sccc3[C@H]2COc2ccc(Cl)c(C)c2)C(C)(C)C)cc1. The van der Waals surface area contributed by atoms with Crippen LogP contribution in [0.15, 0.2) is 58.8 Å². The molecule has 37 heavy (non-hydrogen) atoms. The molecule has 1 aromatic heterocycles. The number of carbonyl (C=O) groups is 1. The summed E-state index contributed by atoms with van der Waals surface area (Å²) in [6.45, 7) is 9.76. The molecule has 9 heteroatoms. The lowest BCUT2D eigenvalue weighted by Crippen LogP contribution is -2.52. The number of carbonyl (C=O) groups excluding carboxylic acids is 1. The third-order valence-corrected chi connectivity index (χ3v) is 10.1. The predicted octanol–water partition coefficient (Wildman–Crippen LogP) is 6.01. The number of ether oxygens (including phenoxy) is 1. The van der Waals surface area contributed by atoms with Crippen LogP contribution in [0.5, 0.6) is 5.75 Å². The third kappa shape index (κ3) is 6.03. The van der Waals surface area contributed by atoms with Crippen molar-refractivity contribution in [2.45, 2.75) is 57.5 Å². The van der Waals surface area contributed by atoms with E-state index in [1.165, 1.54) is 9.18 Å². The third-order valence-electron chi connectivity index (χ3n) is 6.59. The molecule has 0 bridgehead atoms. The molecule has 1 aliphatic rings. The maximum atomic E-state index is 13.8. The highest BCUT2D eigenvalue weighted by Gasteiger charge is 2.39. The molecule has 0 unspecified atom stereocenters. The number of thiophene rings is 1. The fraction of sp³-hybridized carbons (Fsp3) is 0.393. The van der Waals surface area contributed by atoms with Crippen LogP contribution in [0.1, 0.15) is 48.4 Å². The lowest BCUT2D eigenvalue weighted by atomic mass is 10.00. The monoisotopic (exact) mass is 560 g/mol. The zero-order valence-electron chi connectivity index (χ0n) is 21.8. The maximum absolute atomic E-state index is 13.8. The zero-order chi connectivity index (χ0) is 27.0. The molecule has 1 aliphatic heterocycles. The fourth-order valence-electron chi connectivity index (χ4n) is 4.49. The Balaban J connectivity index is 1.60. The second-order valence-electron chi connectivity index (χ2n) is 10.4. The molecule has 0 N–H and O–H groups in total. The highest BCUT2D eigenvalue weighted by atomic mass is 35.5. The molecule has 0 aliphatic carbocycles. The summed E-state index contributed by atoms with van der Waals surface area (Å²) >= 11 is 7.83. The lowest BCUT2D eigenvalue weighted by Gasteiger charge is -2.39. The molecule has 0 spiro atoms. The molecule has 4 rings (SSSR count). The molecule has 1 atom stereocenters. The van der Waals surface area contributed by atoms with Gasteiger partial charge in [0.1, 0.15) is 12.4 Å². The molecule has 0 saturated heterocycles. The number of rotatable bonds is 7. The smallest absolute Gasteiger partial charge is 0.244 e. The van der Waals surface area contributed by atoms with E-state index in [9.17, 15) is 13.2 Å². The number of fused-ring (bicyclic) bond motifs is 1. The van der Waals surface area contributed by atoms with Crippen molar-refractivity contribution in [3.8, 4) is 5.75 Å². The van der Waals surface area contributed by atoms with E-state index < -0.39 is 15.6 Å². The Bertz CT molecular complexity index is 1380. The first-order valence-electron chi connectivity index (χ1n) is 12.2. The van der Waals surface area contributed by atoms with Crippen LogP contribution in [0.2, 0.25) is 5.02 Å². The minimum atomic E-state index is -3.90. The lowest BCUT2D eigenvalue weighted by molar-refractivity contribution is -0.135. The number of nitrogens with zero attached hydrogens (tertiary/aromatic N) is 2. The molecular formula is C28H33ClN2O4S2. The summed E-state index contributed by atoms with van der Waals surface area (Å²) in [6.07, 6.45) is 0.732. The van der Waals surface area contributed by atoms with Crippen LogP contribution in [-0.4, -0.2) is 48.8 Å². The van der Waals surface area contributed by atoms with Gasteiger partial charge in [-0.1, -0.05) is 29.3 Å². The highest BCUT2D eigenvalue weighted by Crippen LogP contribution is 2.35. The quantitative estimate of drug-likeness (QED) is 0.355. The number of hydrogen-bond acceptors (Lipinski definition) is 5. The predicted molar refractivity (Wildman–Crippen MR) is 149 cm³/mol. The average molecular weight is 561 g/mol. The van der Waals surface area contributed by atoms with Gasteiger partial charge in [-0.05, 0) is 93.9 Å². The van der Waals surface area contributed by atoms with Crippen LogP contribution in [0, 0.1) is 13.8 Å². The average Bonchev–Trinajstić information content (AvgIpc) is 3.31. The molecule has 0 saturated carbocycles. The summed E-state index contributed by atoms with van der Waals surface area (Å²) in [5.41, 5.74) is 2.14. The summed E-state index contributed by atoms with van der Waals surface area (Å²) in [6, 6.07) is 13.9. The van der Waals surface area contributed by atoms with Crippen LogP contribution in [-0.2, 0) is 21.2 Å². The zero-order valence-corrected chi connectivity index (χ0v) is 24.2. The van der Waals surface area contributed by atoms with Gasteiger partial charge >= 0.3 is 0 Å². The van der Waals surface area contributed by atoms with Crippen LogP contribution in [0.25, 0.3) is 0 Å². The van der Waals surface area contributed by atoms with Crippen molar-refractivity contribution in [3.05, 3.63) is 80.5 Å². The van der Waals surface area contributed by atoms with E-state index in [0.717, 1.165) is 23.1 Å². The number of sulfonamides is 1. The van der Waals surface area contributed by atoms with Crippen molar-refractivity contribution in [3.63, 3.8) is 0 Å². The Morgan fingerprint density at radius 2 is 1.84 bits per heavy atom. The van der Waals surface area contributed by atoms with Crippen molar-refractivity contribution < 1.29 is 17.9 Å². The van der Waals surface area contributed by atoms with Crippen molar-refractivity contribution in [1.82, 2.24) is 9.21 Å². The summed E-state index contributed by atoms with van der Waals surface area (Å²) in [4.78, 5) is 17.0. The second kappa shape index (κ2) is 10.8. The van der Waals surface area contributed by atoms with Crippen LogP contribution >= 0.6 is 22.9 Å². The first-order chi connectivity index (χ1) is 17.4. The van der Waals surface area contributed by atoms with E-state index in [2.05, 4.69) is 0 Å². The standard InChI is InChI=1S/C28H33ClN2O4S2/c1-19-6-9-22(10-7-19)37(33,34)31(28(3,4)5)17-27(32)30-14-12-26-23(13-15-36-26)25(30)18-35-21-8-11-24(29)20(2)16-21/h6-11,13,15-16,25H,12,14,17-18H2,1-5H3/t25-/m1/s1. The van der Waals surface area contributed by atoms with Crippen molar-refractivity contribution in [2.24, 2.45) is 0 Å². The van der Waals surface area contributed by atoms with Gasteiger partial charge in [-0.3, -0.25) is 4.79 Å². The Morgan fingerprint density at radius 1 is 1.14 bits per heavy atom. The molecule has 0 fully saturated rings. The molecule has 0 radical (unpaired) electrons. The first-order valence-corrected chi connectivity index (χ1v) is 14.9. The van der Waals surface area contributed by atoms with Crippen molar-refractivity contribution >= 4 is 38.9 Å². The largest absolute Gasteiger partial charge is 0.491 e. The molecule has 198 valence electrons. The summed E-state index contributed by atoms with van der Waals surface area (Å²) < 4.78 is 34.7. The first kappa shape index (κ1) is 27.6. The van der Waals surface area contributed by atoms with E-state index in [1.807, 2.05) is 58.2 Å². The van der Waals surface area contributed by atoms with Crippen LogP contribution < -0.4 is 4.74 Å². The molecular weight excluding hydrogens is 528 g/mol. The van der Waals surface area contributed by atoms with Crippen molar-refractivity contribution in [2.75, 3.05) is 19.7 Å². The van der Waals surface area contributed by atoms with E-state index in [0.29, 0.717) is 17.3 Å². The number of halogens is 1. The summed E-state index contributed by atoms with van der Waals surface area (Å²) in [7, 11) is -3.90. The van der Waals surface area contributed by atoms with Gasteiger partial charge in [-0.2, -0.15) is 4.31 Å². The van der Waals surface area contributed by atoms with Crippen LogP contribution in [0.4, 0.5) is 0 Å². The molecule has 6 nitrogen and oxygen atoms in total. The molecule has 3 aromatic rings. The van der Waals surface area contributed by atoms with Gasteiger partial charge in [-0.15, -0.1) is 11.3 Å². The summed E-state index contributed by atoms with van der Waals surface area (Å²) in [5, 5.41) is 2.69. The molecule has 2 heterocycles. The Hall–Kier alpha value is -2.39. The van der Waals surface area contributed by atoms with Crippen molar-refractivity contribution in [1.29, 1.82) is 0 Å².